The number of carbonyl (C=O) groups is 1. The van der Waals surface area contributed by atoms with E-state index in [9.17, 15) is 4.79 Å². The Kier molecular flexibility index (Phi) is 3.50. The van der Waals surface area contributed by atoms with Crippen LogP contribution in [0.4, 0.5) is 0 Å². The second-order valence-electron chi connectivity index (χ2n) is 8.15. The summed E-state index contributed by atoms with van der Waals surface area (Å²) in [5.41, 5.74) is 2.58. The van der Waals surface area contributed by atoms with Crippen LogP contribution in [0.5, 0.6) is 0 Å². The molecule has 5 heteroatoms. The Morgan fingerprint density at radius 1 is 1.28 bits per heavy atom. The van der Waals surface area contributed by atoms with Crippen LogP contribution in [-0.4, -0.2) is 35.5 Å². The van der Waals surface area contributed by atoms with Gasteiger partial charge in [0.05, 0.1) is 18.1 Å². The molecule has 1 unspecified atom stereocenters. The summed E-state index contributed by atoms with van der Waals surface area (Å²) >= 11 is 1.61. The summed E-state index contributed by atoms with van der Waals surface area (Å²) in [4.78, 5) is 16.4. The summed E-state index contributed by atoms with van der Waals surface area (Å²) < 4.78 is 6.79. The average Bonchev–Trinajstić information content (AvgIpc) is 3.23. The van der Waals surface area contributed by atoms with Crippen molar-refractivity contribution in [3.8, 4) is 0 Å². The highest BCUT2D eigenvalue weighted by molar-refractivity contribution is 7.21. The van der Waals surface area contributed by atoms with Gasteiger partial charge in [0, 0.05) is 21.8 Å². The van der Waals surface area contributed by atoms with Gasteiger partial charge in [0.15, 0.2) is 0 Å². The Bertz CT molecular complexity index is 849. The van der Waals surface area contributed by atoms with E-state index in [4.69, 9.17) is 4.74 Å². The van der Waals surface area contributed by atoms with E-state index in [1.165, 1.54) is 41.8 Å². The van der Waals surface area contributed by atoms with Gasteiger partial charge in [-0.25, -0.2) is 0 Å². The van der Waals surface area contributed by atoms with E-state index < -0.39 is 0 Å². The number of hydrogen-bond donors (Lipinski definition) is 1. The first-order valence-corrected chi connectivity index (χ1v) is 10.0. The van der Waals surface area contributed by atoms with Crippen LogP contribution in [0.25, 0.3) is 10.1 Å². The summed E-state index contributed by atoms with van der Waals surface area (Å²) in [6, 6.07) is 6.54. The first-order valence-electron chi connectivity index (χ1n) is 9.22. The Hall–Kier alpha value is -1.43. The summed E-state index contributed by atoms with van der Waals surface area (Å²) in [7, 11) is 0. The molecule has 3 fully saturated rings. The van der Waals surface area contributed by atoms with Crippen molar-refractivity contribution in [2.24, 2.45) is 5.92 Å². The molecule has 1 aromatic heterocycles. The van der Waals surface area contributed by atoms with Crippen LogP contribution in [0.1, 0.15) is 47.5 Å². The van der Waals surface area contributed by atoms with E-state index in [0.29, 0.717) is 19.1 Å². The molecule has 1 amide bonds. The average molecular weight is 356 g/mol. The van der Waals surface area contributed by atoms with Crippen molar-refractivity contribution in [3.63, 3.8) is 0 Å². The van der Waals surface area contributed by atoms with Gasteiger partial charge in [0.1, 0.15) is 0 Å². The fourth-order valence-corrected chi connectivity index (χ4v) is 6.07. The normalized spacial score (nSPS) is 29.8. The molecule has 6 rings (SSSR count). The maximum absolute atomic E-state index is 13.0. The zero-order valence-corrected chi connectivity index (χ0v) is 15.6. The van der Waals surface area contributed by atoms with Crippen molar-refractivity contribution in [2.45, 2.75) is 51.5 Å². The molecule has 2 aromatic rings. The predicted octanol–water partition coefficient (Wildman–Crippen LogP) is 3.53. The van der Waals surface area contributed by atoms with Crippen molar-refractivity contribution in [2.75, 3.05) is 13.1 Å². The molecule has 3 saturated heterocycles. The van der Waals surface area contributed by atoms with Gasteiger partial charge in [-0.3, -0.25) is 9.69 Å². The highest BCUT2D eigenvalue weighted by atomic mass is 32.1. The topological polar surface area (TPSA) is 41.6 Å². The molecule has 0 aliphatic carbocycles. The molecule has 1 atom stereocenters. The van der Waals surface area contributed by atoms with Crippen molar-refractivity contribution < 1.29 is 9.53 Å². The lowest BCUT2D eigenvalue weighted by Crippen LogP contribution is -2.69. The van der Waals surface area contributed by atoms with E-state index in [1.54, 1.807) is 11.3 Å². The number of benzene rings is 1. The fourth-order valence-electron chi connectivity index (χ4n) is 4.96. The van der Waals surface area contributed by atoms with Crippen LogP contribution in [0.15, 0.2) is 18.2 Å². The number of hydrogen-bond acceptors (Lipinski definition) is 4. The van der Waals surface area contributed by atoms with E-state index in [0.717, 1.165) is 10.3 Å². The van der Waals surface area contributed by atoms with Gasteiger partial charge >= 0.3 is 0 Å². The first-order chi connectivity index (χ1) is 12.0. The van der Waals surface area contributed by atoms with Gasteiger partial charge < -0.3 is 10.1 Å². The summed E-state index contributed by atoms with van der Waals surface area (Å²) in [6.07, 6.45) is 2.40. The summed E-state index contributed by atoms with van der Waals surface area (Å²) in [5, 5.41) is 4.54. The van der Waals surface area contributed by atoms with Gasteiger partial charge in [-0.05, 0) is 62.7 Å². The third kappa shape index (κ3) is 2.36. The zero-order chi connectivity index (χ0) is 17.2. The van der Waals surface area contributed by atoms with E-state index in [2.05, 4.69) is 36.2 Å². The molecule has 0 saturated carbocycles. The predicted molar refractivity (Wildman–Crippen MR) is 99.9 cm³/mol. The third-order valence-corrected chi connectivity index (χ3v) is 7.70. The minimum absolute atomic E-state index is 0.0442. The molecular weight excluding hydrogens is 332 g/mol. The number of nitrogens with one attached hydrogen (secondary N) is 1. The zero-order valence-electron chi connectivity index (χ0n) is 14.8. The number of carbonyl (C=O) groups excluding carboxylic acids is 1. The Morgan fingerprint density at radius 2 is 2.08 bits per heavy atom. The summed E-state index contributed by atoms with van der Waals surface area (Å²) in [5.74, 6) is 0.691. The van der Waals surface area contributed by atoms with E-state index >= 15 is 0 Å². The van der Waals surface area contributed by atoms with Crippen molar-refractivity contribution in [1.82, 2.24) is 10.2 Å². The van der Waals surface area contributed by atoms with Gasteiger partial charge in [0.2, 0.25) is 0 Å². The molecule has 2 bridgehead atoms. The molecule has 0 radical (unpaired) electrons. The van der Waals surface area contributed by atoms with Gasteiger partial charge in [0.25, 0.3) is 5.91 Å². The molecule has 4 nitrogen and oxygen atoms in total. The highest BCUT2D eigenvalue weighted by Crippen LogP contribution is 2.40. The third-order valence-electron chi connectivity index (χ3n) is 6.49. The Balaban J connectivity index is 1.44. The summed E-state index contributed by atoms with van der Waals surface area (Å²) in [6.45, 7) is 8.24. The molecule has 5 heterocycles. The van der Waals surface area contributed by atoms with Crippen molar-refractivity contribution in [3.05, 3.63) is 34.2 Å². The lowest BCUT2D eigenvalue weighted by Gasteiger charge is -2.56. The monoisotopic (exact) mass is 356 g/mol. The van der Waals surface area contributed by atoms with Crippen LogP contribution in [0.2, 0.25) is 0 Å². The Labute approximate surface area is 152 Å². The highest BCUT2D eigenvalue weighted by Gasteiger charge is 2.48. The van der Waals surface area contributed by atoms with Gasteiger partial charge in [-0.15, -0.1) is 11.3 Å². The number of fused-ring (bicyclic) bond motifs is 6. The maximum atomic E-state index is 13.0. The van der Waals surface area contributed by atoms with Crippen LogP contribution in [-0.2, 0) is 18.0 Å². The quantitative estimate of drug-likeness (QED) is 0.895. The minimum atomic E-state index is 0.0442. The molecule has 4 aliphatic rings. The van der Waals surface area contributed by atoms with Crippen molar-refractivity contribution >= 4 is 27.3 Å². The molecule has 1 aromatic carbocycles. The molecule has 1 N–H and O–H groups in total. The molecule has 25 heavy (non-hydrogen) atoms. The standard InChI is InChI=1S/C20H24N2O2S/c1-20(2)18(12-5-7-22(20)8-6-12)21-19(23)16-9-13-3-4-14-10-24-11-15(14)17(13)25-16/h3-4,9,12,18H,5-8,10-11H2,1-2H3,(H,21,23). The number of rotatable bonds is 2. The minimum Gasteiger partial charge on any atom is -0.372 e. The van der Waals surface area contributed by atoms with Gasteiger partial charge in [-0.2, -0.15) is 0 Å². The van der Waals surface area contributed by atoms with Crippen LogP contribution in [0, 0.1) is 5.92 Å². The van der Waals surface area contributed by atoms with Crippen molar-refractivity contribution in [1.29, 1.82) is 0 Å². The number of nitrogens with zero attached hydrogens (tertiary/aromatic N) is 1. The molecule has 132 valence electrons. The largest absolute Gasteiger partial charge is 0.372 e. The lowest BCUT2D eigenvalue weighted by molar-refractivity contribution is -0.0377. The molecule has 0 spiro atoms. The smallest absolute Gasteiger partial charge is 0.261 e. The lowest BCUT2D eigenvalue weighted by atomic mass is 9.72. The number of ether oxygens (including phenoxy) is 1. The fraction of sp³-hybridized carbons (Fsp3) is 0.550. The van der Waals surface area contributed by atoms with Crippen LogP contribution in [0.3, 0.4) is 0 Å². The maximum Gasteiger partial charge on any atom is 0.261 e. The van der Waals surface area contributed by atoms with E-state index in [-0.39, 0.29) is 17.5 Å². The number of piperidine rings is 3. The second kappa shape index (κ2) is 5.53. The SMILES string of the molecule is CC1(C)C(NC(=O)c2cc3ccc4c(c3s2)COC4)C2CCN1CC2. The van der Waals surface area contributed by atoms with Gasteiger partial charge in [-0.1, -0.05) is 12.1 Å². The Morgan fingerprint density at radius 3 is 2.84 bits per heavy atom. The second-order valence-corrected chi connectivity index (χ2v) is 9.21. The number of thiophene rings is 1. The van der Waals surface area contributed by atoms with Crippen LogP contribution < -0.4 is 5.32 Å². The van der Waals surface area contributed by atoms with E-state index in [1.807, 2.05) is 6.07 Å². The first kappa shape index (κ1) is 15.8. The molecule has 4 aliphatic heterocycles. The molecular formula is C20H24N2O2S. The van der Waals surface area contributed by atoms with Crippen LogP contribution >= 0.6 is 11.3 Å². The number of amides is 1.